The summed E-state index contributed by atoms with van der Waals surface area (Å²) in [6.45, 7) is 6.59. The van der Waals surface area contributed by atoms with Crippen molar-refractivity contribution in [3.05, 3.63) is 29.5 Å². The molecule has 0 radical (unpaired) electrons. The molecule has 0 amide bonds. The molecule has 0 bridgehead atoms. The highest BCUT2D eigenvalue weighted by atomic mass is 13.9. The number of hydrogen-bond acceptors (Lipinski definition) is 0. The Morgan fingerprint density at radius 2 is 1.77 bits per heavy atom. The van der Waals surface area contributed by atoms with Gasteiger partial charge in [0, 0.05) is 0 Å². The van der Waals surface area contributed by atoms with Crippen molar-refractivity contribution in [1.82, 2.24) is 0 Å². The molecule has 0 aromatic heterocycles. The Morgan fingerprint density at radius 1 is 1.08 bits per heavy atom. The Labute approximate surface area is 83.0 Å². The molecule has 0 rings (SSSR count). The fourth-order valence-electron chi connectivity index (χ4n) is 1.03. The van der Waals surface area contributed by atoms with Crippen LogP contribution in [-0.4, -0.2) is 0 Å². The average molecular weight is 178 g/mol. The molecular formula is C13H22. The normalized spacial score (nSPS) is 10.8. The highest BCUT2D eigenvalue weighted by molar-refractivity contribution is 5.17. The number of rotatable bonds is 6. The first-order chi connectivity index (χ1) is 6.35. The zero-order chi connectivity index (χ0) is 9.94. The highest BCUT2D eigenvalue weighted by Crippen LogP contribution is 2.04. The lowest BCUT2D eigenvalue weighted by Crippen LogP contribution is -1.73. The quantitative estimate of drug-likeness (QED) is 0.411. The Balaban J connectivity index is 4.03. The maximum atomic E-state index is 3.23. The Kier molecular flexibility index (Phi) is 8.82. The van der Waals surface area contributed by atoms with Gasteiger partial charge in [0.1, 0.15) is 0 Å². The van der Waals surface area contributed by atoms with Crippen LogP contribution in [-0.2, 0) is 0 Å². The van der Waals surface area contributed by atoms with Gasteiger partial charge in [-0.15, -0.1) is 5.73 Å². The lowest BCUT2D eigenvalue weighted by atomic mass is 10.1. The minimum absolute atomic E-state index is 1.12. The summed E-state index contributed by atoms with van der Waals surface area (Å²) in [6.07, 6.45) is 12.4. The van der Waals surface area contributed by atoms with E-state index in [1.807, 2.05) is 0 Å². The molecule has 0 aliphatic rings. The van der Waals surface area contributed by atoms with E-state index in [0.29, 0.717) is 0 Å². The molecule has 0 spiro atoms. The van der Waals surface area contributed by atoms with Crippen LogP contribution < -0.4 is 0 Å². The predicted molar refractivity (Wildman–Crippen MR) is 60.8 cm³/mol. The molecule has 0 unspecified atom stereocenters. The molecule has 0 heteroatoms. The average Bonchev–Trinajstić information content (AvgIpc) is 2.17. The molecule has 0 aromatic rings. The van der Waals surface area contributed by atoms with Crippen LogP contribution in [0.2, 0.25) is 0 Å². The molecule has 74 valence electrons. The van der Waals surface area contributed by atoms with Gasteiger partial charge in [-0.1, -0.05) is 39.7 Å². The third-order valence-corrected chi connectivity index (χ3v) is 1.92. The third kappa shape index (κ3) is 7.62. The minimum atomic E-state index is 1.12. The highest BCUT2D eigenvalue weighted by Gasteiger charge is 1.85. The zero-order valence-corrected chi connectivity index (χ0v) is 9.27. The first-order valence-electron chi connectivity index (χ1n) is 5.45. The van der Waals surface area contributed by atoms with Gasteiger partial charge in [0.25, 0.3) is 0 Å². The summed E-state index contributed by atoms with van der Waals surface area (Å²) in [4.78, 5) is 0. The van der Waals surface area contributed by atoms with Gasteiger partial charge in [-0.2, -0.15) is 0 Å². The molecule has 0 aliphatic heterocycles. The van der Waals surface area contributed by atoms with E-state index >= 15 is 0 Å². The third-order valence-electron chi connectivity index (χ3n) is 1.92. The van der Waals surface area contributed by atoms with Gasteiger partial charge in [0.05, 0.1) is 0 Å². The molecular weight excluding hydrogens is 156 g/mol. The molecule has 0 N–H and O–H groups in total. The largest absolute Gasteiger partial charge is 0.125 e. The maximum Gasteiger partial charge on any atom is -0.0174 e. The molecule has 0 saturated heterocycles. The van der Waals surface area contributed by atoms with Crippen molar-refractivity contribution in [2.75, 3.05) is 0 Å². The molecule has 0 heterocycles. The summed E-state index contributed by atoms with van der Waals surface area (Å²) in [6, 6.07) is 0. The van der Waals surface area contributed by atoms with Crippen LogP contribution in [0.3, 0.4) is 0 Å². The van der Waals surface area contributed by atoms with E-state index in [1.165, 1.54) is 24.8 Å². The van der Waals surface area contributed by atoms with Crippen molar-refractivity contribution >= 4 is 0 Å². The van der Waals surface area contributed by atoms with Crippen molar-refractivity contribution in [3.63, 3.8) is 0 Å². The zero-order valence-electron chi connectivity index (χ0n) is 9.27. The van der Waals surface area contributed by atoms with Crippen molar-refractivity contribution in [2.24, 2.45) is 0 Å². The predicted octanol–water partition coefficient (Wildman–Crippen LogP) is 4.63. The first kappa shape index (κ1) is 12.3. The van der Waals surface area contributed by atoms with E-state index in [1.54, 1.807) is 0 Å². The van der Waals surface area contributed by atoms with Gasteiger partial charge < -0.3 is 0 Å². The minimum Gasteiger partial charge on any atom is -0.125 e. The summed E-state index contributed by atoms with van der Waals surface area (Å²) in [5.74, 6) is 0. The molecule has 13 heavy (non-hydrogen) atoms. The van der Waals surface area contributed by atoms with Crippen molar-refractivity contribution in [1.29, 1.82) is 0 Å². The van der Waals surface area contributed by atoms with Crippen LogP contribution in [0.5, 0.6) is 0 Å². The first-order valence-corrected chi connectivity index (χ1v) is 5.45. The van der Waals surface area contributed by atoms with Crippen LogP contribution in [0, 0.1) is 0 Å². The fourth-order valence-corrected chi connectivity index (χ4v) is 1.03. The SMILES string of the molecule is CCCC=C=CC(=CCCC)CC. The van der Waals surface area contributed by atoms with Gasteiger partial charge in [-0.25, -0.2) is 0 Å². The number of hydrogen-bond donors (Lipinski definition) is 0. The second-order valence-electron chi connectivity index (χ2n) is 3.23. The van der Waals surface area contributed by atoms with Crippen LogP contribution >= 0.6 is 0 Å². The lowest BCUT2D eigenvalue weighted by molar-refractivity contribution is 0.941. The summed E-state index contributed by atoms with van der Waals surface area (Å²) in [7, 11) is 0. The van der Waals surface area contributed by atoms with Crippen molar-refractivity contribution < 1.29 is 0 Å². The van der Waals surface area contributed by atoms with Crippen molar-refractivity contribution in [3.8, 4) is 0 Å². The second kappa shape index (κ2) is 9.35. The Hall–Kier alpha value is -0.740. The van der Waals surface area contributed by atoms with Crippen LogP contribution in [0.4, 0.5) is 0 Å². The van der Waals surface area contributed by atoms with E-state index in [9.17, 15) is 0 Å². The standard InChI is InChI=1S/C13H22/c1-4-7-9-10-12-13(6-3)11-8-5-2/h9,11-12H,4-8H2,1-3H3. The fraction of sp³-hybridized carbons (Fsp3) is 0.615. The van der Waals surface area contributed by atoms with Crippen LogP contribution in [0.1, 0.15) is 52.9 Å². The summed E-state index contributed by atoms with van der Waals surface area (Å²) in [5.41, 5.74) is 4.64. The molecule has 0 fully saturated rings. The number of allylic oxidation sites excluding steroid dienone is 3. The second-order valence-corrected chi connectivity index (χ2v) is 3.23. The smallest absolute Gasteiger partial charge is 0.0174 e. The topological polar surface area (TPSA) is 0 Å². The van der Waals surface area contributed by atoms with Gasteiger partial charge >= 0.3 is 0 Å². The molecule has 0 saturated carbocycles. The van der Waals surface area contributed by atoms with E-state index in [4.69, 9.17) is 0 Å². The van der Waals surface area contributed by atoms with E-state index in [2.05, 4.69) is 44.7 Å². The van der Waals surface area contributed by atoms with E-state index < -0.39 is 0 Å². The number of unbranched alkanes of at least 4 members (excludes halogenated alkanes) is 2. The molecule has 0 aromatic carbocycles. The van der Waals surface area contributed by atoms with Crippen molar-refractivity contribution in [2.45, 2.75) is 52.9 Å². The Morgan fingerprint density at radius 3 is 2.31 bits per heavy atom. The maximum absolute atomic E-state index is 3.23. The summed E-state index contributed by atoms with van der Waals surface area (Å²) < 4.78 is 0. The summed E-state index contributed by atoms with van der Waals surface area (Å²) in [5, 5.41) is 0. The summed E-state index contributed by atoms with van der Waals surface area (Å²) >= 11 is 0. The molecule has 0 atom stereocenters. The Bertz CT molecular complexity index is 190. The van der Waals surface area contributed by atoms with E-state index in [-0.39, 0.29) is 0 Å². The van der Waals surface area contributed by atoms with Crippen LogP contribution in [0.25, 0.3) is 0 Å². The van der Waals surface area contributed by atoms with Crippen LogP contribution in [0.15, 0.2) is 29.5 Å². The lowest BCUT2D eigenvalue weighted by Gasteiger charge is -1.93. The van der Waals surface area contributed by atoms with Gasteiger partial charge in [-0.3, -0.25) is 0 Å². The van der Waals surface area contributed by atoms with Gasteiger partial charge in [0.15, 0.2) is 0 Å². The van der Waals surface area contributed by atoms with Gasteiger partial charge in [0.2, 0.25) is 0 Å². The molecule has 0 nitrogen and oxygen atoms in total. The monoisotopic (exact) mass is 178 g/mol. The van der Waals surface area contributed by atoms with Gasteiger partial charge in [-0.05, 0) is 37.0 Å². The molecule has 0 aliphatic carbocycles. The van der Waals surface area contributed by atoms with E-state index in [0.717, 1.165) is 12.8 Å².